The molecule has 2 N–H and O–H groups in total. The molecule has 0 aromatic carbocycles. The second kappa shape index (κ2) is 6.84. The summed E-state index contributed by atoms with van der Waals surface area (Å²) in [6.45, 7) is 0.883. The maximum Gasteiger partial charge on any atom is 0.325 e. The van der Waals surface area contributed by atoms with Gasteiger partial charge in [0, 0.05) is 20.8 Å². The minimum absolute atomic E-state index is 0.197. The first kappa shape index (κ1) is 18.6. The smallest absolute Gasteiger partial charge is 0.325 e. The summed E-state index contributed by atoms with van der Waals surface area (Å²) in [7, 11) is -0.487. The Morgan fingerprint density at radius 1 is 1.44 bits per heavy atom. The van der Waals surface area contributed by atoms with Crippen molar-refractivity contribution in [2.45, 2.75) is 24.5 Å². The first-order chi connectivity index (χ1) is 11.7. The summed E-state index contributed by atoms with van der Waals surface area (Å²) in [5.74, 6) is 0. The lowest BCUT2D eigenvalue weighted by Crippen LogP contribution is -2.35. The van der Waals surface area contributed by atoms with Crippen LogP contribution in [0.25, 0.3) is 11.2 Å². The number of imidazole rings is 1. The summed E-state index contributed by atoms with van der Waals surface area (Å²) >= 11 is 5.30. The fraction of sp³-hybridized carbons (Fsp3) is 0.615. The van der Waals surface area contributed by atoms with Crippen LogP contribution in [0.15, 0.2) is 12.7 Å². The van der Waals surface area contributed by atoms with Gasteiger partial charge in [0.15, 0.2) is 11.9 Å². The first-order valence-corrected chi connectivity index (χ1v) is 9.85. The Morgan fingerprint density at radius 2 is 2.16 bits per heavy atom. The van der Waals surface area contributed by atoms with Gasteiger partial charge in [-0.05, 0) is 0 Å². The van der Waals surface area contributed by atoms with E-state index in [0.29, 0.717) is 15.8 Å². The van der Waals surface area contributed by atoms with E-state index in [1.165, 1.54) is 13.4 Å². The highest BCUT2D eigenvalue weighted by Crippen LogP contribution is 2.39. The van der Waals surface area contributed by atoms with Crippen molar-refractivity contribution >= 4 is 31.0 Å². The van der Waals surface area contributed by atoms with Crippen LogP contribution in [0.2, 0.25) is 0 Å². The molecule has 1 aliphatic rings. The molecule has 1 saturated heterocycles. The van der Waals surface area contributed by atoms with E-state index in [1.54, 1.807) is 22.5 Å². The number of methoxy groups -OCH3 is 1. The van der Waals surface area contributed by atoms with E-state index in [2.05, 4.69) is 9.97 Å². The minimum atomic E-state index is -3.67. The van der Waals surface area contributed by atoms with E-state index in [-0.39, 0.29) is 6.61 Å². The highest BCUT2D eigenvalue weighted by atomic mass is 32.1. The lowest BCUT2D eigenvalue weighted by Gasteiger charge is -2.18. The van der Waals surface area contributed by atoms with Crippen LogP contribution < -0.4 is 0 Å². The number of aryl methyl sites for hydroxylation is 1. The Balaban J connectivity index is 1.91. The van der Waals surface area contributed by atoms with Gasteiger partial charge in [0.2, 0.25) is 0 Å². The number of fused-ring (bicyclic) bond motifs is 1. The van der Waals surface area contributed by atoms with Crippen LogP contribution in [-0.2, 0) is 25.6 Å². The van der Waals surface area contributed by atoms with Crippen LogP contribution in [0.1, 0.15) is 6.23 Å². The molecule has 2 aromatic heterocycles. The maximum absolute atomic E-state index is 11.3. The Bertz CT molecular complexity index is 879. The van der Waals surface area contributed by atoms with Crippen molar-refractivity contribution in [1.29, 1.82) is 0 Å². The number of ether oxygens (including phenoxy) is 2. The lowest BCUT2D eigenvalue weighted by atomic mass is 10.1. The third kappa shape index (κ3) is 3.54. The van der Waals surface area contributed by atoms with Gasteiger partial charge in [0.1, 0.15) is 28.5 Å². The monoisotopic (exact) mass is 390 g/mol. The number of nitrogens with zero attached hydrogens (tertiary/aromatic N) is 4. The number of rotatable bonds is 5. The zero-order valence-electron chi connectivity index (χ0n) is 13.8. The molecule has 25 heavy (non-hydrogen) atoms. The van der Waals surface area contributed by atoms with Crippen molar-refractivity contribution in [3.8, 4) is 0 Å². The molecule has 1 aliphatic heterocycles. The predicted octanol–water partition coefficient (Wildman–Crippen LogP) is 0.604. The van der Waals surface area contributed by atoms with Gasteiger partial charge >= 0.3 is 7.60 Å². The minimum Gasteiger partial charge on any atom is -0.386 e. The molecule has 12 heteroatoms. The molecular formula is C13H19N4O6PS. The Kier molecular flexibility index (Phi) is 5.09. The van der Waals surface area contributed by atoms with Gasteiger partial charge in [-0.15, -0.1) is 0 Å². The maximum atomic E-state index is 11.3. The summed E-state index contributed by atoms with van der Waals surface area (Å²) in [5, 5.41) is 10.6. The summed E-state index contributed by atoms with van der Waals surface area (Å²) in [6, 6.07) is 0. The standard InChI is InChI=1S/C13H19N4O6PS/c1-16-5-15-11-8(13(16)25)14-6-17(11)12-9(18)10(21-2)7(23-12)4-22-24(3,19)20/h5-7,9-10,12,18H,4H2,1-3H3,(H,19,20)/t7-,9-,10-,12-/m1/s1. The molecule has 2 aromatic rings. The van der Waals surface area contributed by atoms with Crippen molar-refractivity contribution in [3.05, 3.63) is 17.3 Å². The van der Waals surface area contributed by atoms with Crippen molar-refractivity contribution in [3.63, 3.8) is 0 Å². The van der Waals surface area contributed by atoms with E-state index in [1.807, 2.05) is 0 Å². The summed E-state index contributed by atoms with van der Waals surface area (Å²) < 4.78 is 31.1. The molecule has 0 aliphatic carbocycles. The molecule has 0 amide bonds. The number of aliphatic hydroxyl groups is 1. The van der Waals surface area contributed by atoms with Crippen LogP contribution >= 0.6 is 19.8 Å². The molecule has 5 atom stereocenters. The van der Waals surface area contributed by atoms with Gasteiger partial charge in [-0.3, -0.25) is 9.13 Å². The van der Waals surface area contributed by atoms with Gasteiger partial charge in [-0.25, -0.2) is 9.97 Å². The van der Waals surface area contributed by atoms with Crippen LogP contribution in [0.5, 0.6) is 0 Å². The van der Waals surface area contributed by atoms with Gasteiger partial charge in [0.05, 0.1) is 19.3 Å². The number of hydrogen-bond acceptors (Lipinski definition) is 8. The summed E-state index contributed by atoms with van der Waals surface area (Å²) in [4.78, 5) is 17.8. The molecular weight excluding hydrogens is 371 g/mol. The zero-order chi connectivity index (χ0) is 18.4. The van der Waals surface area contributed by atoms with Crippen LogP contribution in [0.4, 0.5) is 0 Å². The van der Waals surface area contributed by atoms with Gasteiger partial charge in [0.25, 0.3) is 0 Å². The largest absolute Gasteiger partial charge is 0.386 e. The number of aromatic nitrogens is 4. The number of hydrogen-bond donors (Lipinski definition) is 2. The fourth-order valence-electron chi connectivity index (χ4n) is 2.77. The molecule has 0 radical (unpaired) electrons. The quantitative estimate of drug-likeness (QED) is 0.558. The van der Waals surface area contributed by atoms with Crippen LogP contribution in [0, 0.1) is 4.64 Å². The Labute approximate surface area is 148 Å². The molecule has 0 bridgehead atoms. The fourth-order valence-corrected chi connectivity index (χ4v) is 3.38. The number of aliphatic hydroxyl groups excluding tert-OH is 1. The third-order valence-electron chi connectivity index (χ3n) is 3.98. The van der Waals surface area contributed by atoms with Crippen molar-refractivity contribution in [2.24, 2.45) is 7.05 Å². The average Bonchev–Trinajstić information content (AvgIpc) is 3.09. The van der Waals surface area contributed by atoms with E-state index in [9.17, 15) is 14.6 Å². The summed E-state index contributed by atoms with van der Waals surface area (Å²) in [6.07, 6.45) is -0.322. The SMILES string of the molecule is CO[C@H]1[C@@H](O)[C@H](n2cnc3c(=S)n(C)cnc32)O[C@@H]1COP(C)(=O)O. The molecule has 3 rings (SSSR count). The van der Waals surface area contributed by atoms with Gasteiger partial charge in [-0.1, -0.05) is 12.2 Å². The first-order valence-electron chi connectivity index (χ1n) is 7.42. The topological polar surface area (TPSA) is 121 Å². The molecule has 10 nitrogen and oxygen atoms in total. The molecule has 1 unspecified atom stereocenters. The third-order valence-corrected chi connectivity index (χ3v) is 5.09. The second-order valence-corrected chi connectivity index (χ2v) is 8.09. The second-order valence-electron chi connectivity index (χ2n) is 5.84. The normalized spacial score (nSPS) is 29.2. The molecule has 138 valence electrons. The van der Waals surface area contributed by atoms with Crippen molar-refractivity contribution in [1.82, 2.24) is 19.1 Å². The Hall–Kier alpha value is -1.20. The molecule has 3 heterocycles. The van der Waals surface area contributed by atoms with Crippen molar-refractivity contribution in [2.75, 3.05) is 20.4 Å². The zero-order valence-corrected chi connectivity index (χ0v) is 15.6. The van der Waals surface area contributed by atoms with Crippen molar-refractivity contribution < 1.29 is 28.6 Å². The highest BCUT2D eigenvalue weighted by molar-refractivity contribution is 7.71. The molecule has 0 spiro atoms. The highest BCUT2D eigenvalue weighted by Gasteiger charge is 2.46. The van der Waals surface area contributed by atoms with E-state index < -0.39 is 32.1 Å². The molecule has 1 fully saturated rings. The Morgan fingerprint density at radius 3 is 2.80 bits per heavy atom. The predicted molar refractivity (Wildman–Crippen MR) is 89.7 cm³/mol. The van der Waals surface area contributed by atoms with Gasteiger partial charge < -0.3 is 28.6 Å². The van der Waals surface area contributed by atoms with E-state index in [4.69, 9.17) is 26.2 Å². The van der Waals surface area contributed by atoms with Crippen LogP contribution in [0.3, 0.4) is 0 Å². The average molecular weight is 390 g/mol. The molecule has 0 saturated carbocycles. The summed E-state index contributed by atoms with van der Waals surface area (Å²) in [5.41, 5.74) is 0.977. The van der Waals surface area contributed by atoms with E-state index in [0.717, 1.165) is 6.66 Å². The van der Waals surface area contributed by atoms with Crippen LogP contribution in [-0.4, -0.2) is 67.8 Å². The lowest BCUT2D eigenvalue weighted by molar-refractivity contribution is -0.0503. The van der Waals surface area contributed by atoms with E-state index >= 15 is 0 Å². The van der Waals surface area contributed by atoms with Gasteiger partial charge in [-0.2, -0.15) is 0 Å².